The Bertz CT molecular complexity index is 774. The van der Waals surface area contributed by atoms with Crippen molar-refractivity contribution in [3.05, 3.63) is 54.3 Å². The van der Waals surface area contributed by atoms with Gasteiger partial charge < -0.3 is 14.4 Å². The first-order chi connectivity index (χ1) is 10.6. The summed E-state index contributed by atoms with van der Waals surface area (Å²) in [6, 6.07) is 15.6. The number of nitrogens with zero attached hydrogens (tertiary/aromatic N) is 1. The largest absolute Gasteiger partial charge is 0.481 e. The lowest BCUT2D eigenvalue weighted by molar-refractivity contribution is -0.136. The molecular formula is C18H17NO3. The van der Waals surface area contributed by atoms with E-state index in [0.717, 1.165) is 22.4 Å². The van der Waals surface area contributed by atoms with E-state index in [2.05, 4.69) is 0 Å². The third kappa shape index (κ3) is 2.55. The molecule has 112 valence electrons. The fraction of sp³-hybridized carbons (Fsp3) is 0.167. The summed E-state index contributed by atoms with van der Waals surface area (Å²) >= 11 is 0. The smallest absolute Gasteiger partial charge is 0.311 e. The van der Waals surface area contributed by atoms with Gasteiger partial charge in [-0.05, 0) is 23.8 Å². The summed E-state index contributed by atoms with van der Waals surface area (Å²) in [5.74, 6) is 0.279. The number of carboxylic acids is 1. The molecule has 0 bridgehead atoms. The van der Waals surface area contributed by atoms with Crippen LogP contribution in [0, 0.1) is 0 Å². The van der Waals surface area contributed by atoms with Gasteiger partial charge in [-0.25, -0.2) is 0 Å². The molecule has 2 aliphatic rings. The van der Waals surface area contributed by atoms with Crippen LogP contribution in [0.2, 0.25) is 0 Å². The number of fused-ring (bicyclic) bond motifs is 1. The molecule has 1 N–H and O–H groups in total. The molecule has 1 aromatic carbocycles. The van der Waals surface area contributed by atoms with Crippen LogP contribution in [0.25, 0.3) is 22.5 Å². The zero-order chi connectivity index (χ0) is 15.7. The van der Waals surface area contributed by atoms with Crippen LogP contribution in [0.15, 0.2) is 52.9 Å². The van der Waals surface area contributed by atoms with Crippen molar-refractivity contribution in [2.24, 2.45) is 0 Å². The minimum atomic E-state index is -0.903. The predicted molar refractivity (Wildman–Crippen MR) is 86.4 cm³/mol. The molecule has 1 aliphatic heterocycles. The van der Waals surface area contributed by atoms with Crippen LogP contribution in [0.3, 0.4) is 0 Å². The van der Waals surface area contributed by atoms with E-state index in [-0.39, 0.29) is 6.42 Å². The zero-order valence-corrected chi connectivity index (χ0v) is 12.5. The van der Waals surface area contributed by atoms with E-state index in [0.29, 0.717) is 11.5 Å². The molecule has 0 atom stereocenters. The summed E-state index contributed by atoms with van der Waals surface area (Å²) in [5.41, 5.74) is 3.82. The van der Waals surface area contributed by atoms with Gasteiger partial charge in [-0.1, -0.05) is 30.3 Å². The van der Waals surface area contributed by atoms with Crippen LogP contribution in [-0.4, -0.2) is 25.2 Å². The molecule has 1 heterocycles. The predicted octanol–water partition coefficient (Wildman–Crippen LogP) is 3.74. The lowest BCUT2D eigenvalue weighted by Gasteiger charge is -2.16. The molecule has 22 heavy (non-hydrogen) atoms. The van der Waals surface area contributed by atoms with Crippen LogP contribution < -0.4 is 4.90 Å². The number of carbonyl (C=O) groups is 1. The fourth-order valence-electron chi connectivity index (χ4n) is 2.63. The van der Waals surface area contributed by atoms with Crippen LogP contribution in [0.1, 0.15) is 5.76 Å². The van der Waals surface area contributed by atoms with E-state index >= 15 is 0 Å². The number of anilines is 1. The van der Waals surface area contributed by atoms with Crippen LogP contribution in [0.4, 0.5) is 5.69 Å². The number of hydrogen-bond donors (Lipinski definition) is 1. The first kappa shape index (κ1) is 14.2. The Labute approximate surface area is 128 Å². The molecule has 1 aliphatic carbocycles. The van der Waals surface area contributed by atoms with E-state index in [1.165, 1.54) is 0 Å². The van der Waals surface area contributed by atoms with Gasteiger partial charge in [0.05, 0.1) is 0 Å². The van der Waals surface area contributed by atoms with Crippen LogP contribution in [-0.2, 0) is 11.2 Å². The van der Waals surface area contributed by atoms with Crippen molar-refractivity contribution in [1.82, 2.24) is 0 Å². The topological polar surface area (TPSA) is 53.7 Å². The SMILES string of the molecule is CN(C)c1ccc2oc(CC(=O)O)c(-c3ccccc3)cc1-2. The van der Waals surface area contributed by atoms with E-state index in [4.69, 9.17) is 9.52 Å². The monoisotopic (exact) mass is 295 g/mol. The highest BCUT2D eigenvalue weighted by Crippen LogP contribution is 2.39. The first-order valence-corrected chi connectivity index (χ1v) is 7.06. The summed E-state index contributed by atoms with van der Waals surface area (Å²) in [5, 5.41) is 9.14. The maximum Gasteiger partial charge on any atom is 0.311 e. The van der Waals surface area contributed by atoms with Gasteiger partial charge in [0.2, 0.25) is 0 Å². The quantitative estimate of drug-likeness (QED) is 0.796. The van der Waals surface area contributed by atoms with Gasteiger partial charge in [0.25, 0.3) is 0 Å². The van der Waals surface area contributed by atoms with Crippen molar-refractivity contribution in [3.8, 4) is 22.5 Å². The van der Waals surface area contributed by atoms with E-state index in [1.54, 1.807) is 0 Å². The van der Waals surface area contributed by atoms with Crippen LogP contribution >= 0.6 is 0 Å². The molecule has 4 nitrogen and oxygen atoms in total. The second-order valence-electron chi connectivity index (χ2n) is 5.41. The van der Waals surface area contributed by atoms with E-state index < -0.39 is 5.97 Å². The molecule has 4 heteroatoms. The highest BCUT2D eigenvalue weighted by Gasteiger charge is 2.20. The Morgan fingerprint density at radius 1 is 1.09 bits per heavy atom. The van der Waals surface area contributed by atoms with Crippen molar-refractivity contribution < 1.29 is 14.3 Å². The Balaban J connectivity index is 2.23. The van der Waals surface area contributed by atoms with Crippen molar-refractivity contribution in [2.75, 3.05) is 19.0 Å². The summed E-state index contributed by atoms with van der Waals surface area (Å²) in [6.45, 7) is 0. The summed E-state index contributed by atoms with van der Waals surface area (Å²) in [7, 11) is 3.95. The molecule has 0 fully saturated rings. The van der Waals surface area contributed by atoms with Crippen molar-refractivity contribution in [2.45, 2.75) is 6.42 Å². The average Bonchev–Trinajstić information content (AvgIpc) is 2.89. The second kappa shape index (κ2) is 5.56. The molecule has 1 aromatic rings. The third-order valence-corrected chi connectivity index (χ3v) is 3.63. The molecule has 0 unspecified atom stereocenters. The van der Waals surface area contributed by atoms with Crippen molar-refractivity contribution in [3.63, 3.8) is 0 Å². The minimum absolute atomic E-state index is 0.136. The van der Waals surface area contributed by atoms with E-state index in [1.807, 2.05) is 67.5 Å². The summed E-state index contributed by atoms with van der Waals surface area (Å²) < 4.78 is 5.88. The van der Waals surface area contributed by atoms with Crippen molar-refractivity contribution in [1.29, 1.82) is 0 Å². The zero-order valence-electron chi connectivity index (χ0n) is 12.5. The van der Waals surface area contributed by atoms with E-state index in [9.17, 15) is 4.79 Å². The van der Waals surface area contributed by atoms with Gasteiger partial charge >= 0.3 is 5.97 Å². The second-order valence-corrected chi connectivity index (χ2v) is 5.41. The van der Waals surface area contributed by atoms with Gasteiger partial charge in [0.15, 0.2) is 0 Å². The number of benzene rings is 1. The average molecular weight is 295 g/mol. The molecule has 0 saturated carbocycles. The molecule has 3 rings (SSSR count). The molecule has 0 aromatic heterocycles. The number of hydrogen-bond acceptors (Lipinski definition) is 3. The Hall–Kier alpha value is -2.75. The number of rotatable bonds is 4. The lowest BCUT2D eigenvalue weighted by atomic mass is 10.0. The maximum atomic E-state index is 11.1. The highest BCUT2D eigenvalue weighted by molar-refractivity contribution is 5.85. The normalized spacial score (nSPS) is 10.8. The number of carboxylic acid groups (broad SMARTS) is 1. The fourth-order valence-corrected chi connectivity index (χ4v) is 2.63. The summed E-state index contributed by atoms with van der Waals surface area (Å²) in [4.78, 5) is 13.2. The van der Waals surface area contributed by atoms with Gasteiger partial charge in [-0.3, -0.25) is 4.79 Å². The third-order valence-electron chi connectivity index (χ3n) is 3.63. The number of aliphatic carboxylic acids is 1. The van der Waals surface area contributed by atoms with Gasteiger partial charge in [-0.2, -0.15) is 0 Å². The highest BCUT2D eigenvalue weighted by atomic mass is 16.4. The van der Waals surface area contributed by atoms with Crippen LogP contribution in [0.5, 0.6) is 0 Å². The van der Waals surface area contributed by atoms with Gasteiger partial charge in [-0.15, -0.1) is 0 Å². The minimum Gasteiger partial charge on any atom is -0.481 e. The van der Waals surface area contributed by atoms with Gasteiger partial charge in [0, 0.05) is 30.9 Å². The summed E-state index contributed by atoms with van der Waals surface area (Å²) in [6.07, 6.45) is -0.136. The molecule has 0 radical (unpaired) electrons. The Kier molecular flexibility index (Phi) is 3.59. The van der Waals surface area contributed by atoms with Gasteiger partial charge in [0.1, 0.15) is 17.9 Å². The Morgan fingerprint density at radius 2 is 1.82 bits per heavy atom. The standard InChI is InChI=1S/C18H17NO3/c1-19(2)15-8-9-16-14(15)10-13(12-6-4-3-5-7-12)17(22-16)11-18(20)21/h3-10H,11H2,1-2H3,(H,20,21). The molecule has 0 amide bonds. The first-order valence-electron chi connectivity index (χ1n) is 7.06. The molecule has 0 spiro atoms. The lowest BCUT2D eigenvalue weighted by Crippen LogP contribution is -2.08. The maximum absolute atomic E-state index is 11.1. The van der Waals surface area contributed by atoms with Crippen molar-refractivity contribution >= 4 is 11.7 Å². The molecular weight excluding hydrogens is 278 g/mol. The molecule has 0 saturated heterocycles. The Morgan fingerprint density at radius 3 is 2.45 bits per heavy atom.